The molecule has 0 aromatic heterocycles. The van der Waals surface area contributed by atoms with Gasteiger partial charge in [-0.05, 0) is 60.2 Å². The first kappa shape index (κ1) is 19.1. The number of hydrogen-bond acceptors (Lipinski definition) is 2. The van der Waals surface area contributed by atoms with Crippen LogP contribution in [0, 0.1) is 0 Å². The fourth-order valence-electron chi connectivity index (χ4n) is 3.61. The Kier molecular flexibility index (Phi) is 6.53. The summed E-state index contributed by atoms with van der Waals surface area (Å²) in [6.07, 6.45) is 8.04. The Morgan fingerprint density at radius 2 is 1.83 bits per heavy atom. The van der Waals surface area contributed by atoms with Crippen LogP contribution in [-0.4, -0.2) is 12.6 Å². The lowest BCUT2D eigenvalue weighted by atomic mass is 9.70. The third-order valence-electron chi connectivity index (χ3n) is 4.68. The van der Waals surface area contributed by atoms with Gasteiger partial charge in [-0.1, -0.05) is 50.6 Å². The summed E-state index contributed by atoms with van der Waals surface area (Å²) in [6, 6.07) is 6.26. The highest BCUT2D eigenvalue weighted by molar-refractivity contribution is 9.12. The Labute approximate surface area is 160 Å². The lowest BCUT2D eigenvalue weighted by molar-refractivity contribution is -0.108. The molecule has 0 radical (unpaired) electrons. The second-order valence-corrected chi connectivity index (χ2v) is 7.79. The van der Waals surface area contributed by atoms with Crippen molar-refractivity contribution in [2.45, 2.75) is 38.0 Å². The number of hydrogen-bond donors (Lipinski definition) is 0. The van der Waals surface area contributed by atoms with E-state index in [0.717, 1.165) is 27.1 Å². The molecule has 0 spiro atoms. The molecule has 2 nitrogen and oxygen atoms in total. The van der Waals surface area contributed by atoms with Crippen LogP contribution in [-0.2, 0) is 15.0 Å². The van der Waals surface area contributed by atoms with E-state index in [2.05, 4.69) is 63.6 Å². The van der Waals surface area contributed by atoms with E-state index in [-0.39, 0.29) is 5.41 Å². The van der Waals surface area contributed by atoms with Gasteiger partial charge in [-0.3, -0.25) is 0 Å². The molecule has 0 saturated heterocycles. The van der Waals surface area contributed by atoms with Crippen LogP contribution in [0.4, 0.5) is 0 Å². The quantitative estimate of drug-likeness (QED) is 0.364. The molecular formula is C20H20Br2O2. The molecule has 1 aromatic carbocycles. The van der Waals surface area contributed by atoms with Crippen molar-refractivity contribution in [1.82, 2.24) is 0 Å². The first-order chi connectivity index (χ1) is 11.5. The standard InChI is InChI=1S/C20H20Br2O2/c1-3-15(21)12-18-14(2)17-7-6-16(22)13-19(17)20(18,8-4-10-23)9-5-11-24/h3,6-7,10-13H,1,4-5,8-9H2,2H3/b15-12+. The molecule has 0 heterocycles. The molecule has 0 saturated carbocycles. The van der Waals surface area contributed by atoms with Gasteiger partial charge in [-0.2, -0.15) is 0 Å². The van der Waals surface area contributed by atoms with Crippen molar-refractivity contribution in [1.29, 1.82) is 0 Å². The Hall–Kier alpha value is -1.26. The number of halogens is 2. The van der Waals surface area contributed by atoms with Crippen LogP contribution < -0.4 is 0 Å². The van der Waals surface area contributed by atoms with Gasteiger partial charge in [0.25, 0.3) is 0 Å². The third-order valence-corrected chi connectivity index (χ3v) is 5.72. The van der Waals surface area contributed by atoms with Crippen LogP contribution in [0.15, 0.2) is 51.5 Å². The van der Waals surface area contributed by atoms with Gasteiger partial charge in [0.2, 0.25) is 0 Å². The third kappa shape index (κ3) is 3.55. The zero-order valence-electron chi connectivity index (χ0n) is 13.6. The maximum absolute atomic E-state index is 11.1. The Balaban J connectivity index is 2.72. The van der Waals surface area contributed by atoms with Gasteiger partial charge in [-0.25, -0.2) is 0 Å². The van der Waals surface area contributed by atoms with Gasteiger partial charge in [0.05, 0.1) is 0 Å². The molecule has 0 aliphatic heterocycles. The maximum Gasteiger partial charge on any atom is 0.120 e. The number of benzene rings is 1. The van der Waals surface area contributed by atoms with Crippen molar-refractivity contribution in [3.05, 3.63) is 62.6 Å². The van der Waals surface area contributed by atoms with Crippen molar-refractivity contribution in [3.8, 4) is 0 Å². The monoisotopic (exact) mass is 450 g/mol. The highest BCUT2D eigenvalue weighted by Crippen LogP contribution is 2.53. The Bertz CT molecular complexity index is 717. The van der Waals surface area contributed by atoms with E-state index >= 15 is 0 Å². The molecule has 1 aromatic rings. The van der Waals surface area contributed by atoms with Crippen LogP contribution in [0.3, 0.4) is 0 Å². The molecule has 0 fully saturated rings. The topological polar surface area (TPSA) is 34.1 Å². The molecule has 0 bridgehead atoms. The summed E-state index contributed by atoms with van der Waals surface area (Å²) < 4.78 is 1.90. The van der Waals surface area contributed by atoms with Crippen molar-refractivity contribution < 1.29 is 9.59 Å². The first-order valence-electron chi connectivity index (χ1n) is 7.89. The molecule has 1 aliphatic carbocycles. The van der Waals surface area contributed by atoms with E-state index in [0.29, 0.717) is 25.7 Å². The lowest BCUT2D eigenvalue weighted by Crippen LogP contribution is -2.27. The minimum Gasteiger partial charge on any atom is -0.303 e. The molecular weight excluding hydrogens is 432 g/mol. The van der Waals surface area contributed by atoms with Gasteiger partial charge in [-0.15, -0.1) is 0 Å². The number of rotatable bonds is 8. The molecule has 126 valence electrons. The van der Waals surface area contributed by atoms with Crippen molar-refractivity contribution in [2.24, 2.45) is 0 Å². The van der Waals surface area contributed by atoms with Crippen LogP contribution in [0.5, 0.6) is 0 Å². The molecule has 2 rings (SSSR count). The number of carbonyl (C=O) groups is 2. The van der Waals surface area contributed by atoms with Gasteiger partial charge >= 0.3 is 0 Å². The number of allylic oxidation sites excluding steroid dienone is 5. The number of fused-ring (bicyclic) bond motifs is 1. The van der Waals surface area contributed by atoms with Crippen molar-refractivity contribution in [2.75, 3.05) is 0 Å². The summed E-state index contributed by atoms with van der Waals surface area (Å²) in [5.41, 5.74) is 4.39. The second-order valence-electron chi connectivity index (χ2n) is 5.95. The van der Waals surface area contributed by atoms with Crippen LogP contribution in [0.1, 0.15) is 43.7 Å². The van der Waals surface area contributed by atoms with Gasteiger partial charge < -0.3 is 9.59 Å². The average Bonchev–Trinajstić information content (AvgIpc) is 2.80. The van der Waals surface area contributed by atoms with E-state index in [1.807, 2.05) is 6.07 Å². The number of aldehydes is 2. The van der Waals surface area contributed by atoms with Crippen molar-refractivity contribution >= 4 is 50.0 Å². The SMILES string of the molecule is C=C/C(Br)=C\C1=C(C)c2ccc(Br)cc2C1(CCC=O)CCC=O. The molecule has 0 atom stereocenters. The highest BCUT2D eigenvalue weighted by Gasteiger charge is 2.42. The Morgan fingerprint density at radius 3 is 2.38 bits per heavy atom. The zero-order chi connectivity index (χ0) is 17.7. The van der Waals surface area contributed by atoms with Gasteiger partial charge in [0.15, 0.2) is 0 Å². The molecule has 0 N–H and O–H groups in total. The fourth-order valence-corrected chi connectivity index (χ4v) is 4.20. The molecule has 0 amide bonds. The molecule has 24 heavy (non-hydrogen) atoms. The van der Waals surface area contributed by atoms with Crippen LogP contribution in [0.25, 0.3) is 5.57 Å². The molecule has 4 heteroatoms. The number of carbonyl (C=O) groups excluding carboxylic acids is 2. The normalized spacial score (nSPS) is 16.0. The summed E-state index contributed by atoms with van der Waals surface area (Å²) in [5.74, 6) is 0. The zero-order valence-corrected chi connectivity index (χ0v) is 16.8. The summed E-state index contributed by atoms with van der Waals surface area (Å²) in [4.78, 5) is 22.2. The second kappa shape index (κ2) is 8.21. The maximum atomic E-state index is 11.1. The van der Waals surface area contributed by atoms with E-state index in [4.69, 9.17) is 0 Å². The fraction of sp³-hybridized carbons (Fsp3) is 0.300. The predicted octanol–water partition coefficient (Wildman–Crippen LogP) is 5.90. The van der Waals surface area contributed by atoms with Crippen molar-refractivity contribution in [3.63, 3.8) is 0 Å². The van der Waals surface area contributed by atoms with E-state index < -0.39 is 0 Å². The van der Waals surface area contributed by atoms with Crippen LogP contribution in [0.2, 0.25) is 0 Å². The minimum atomic E-state index is -0.326. The largest absolute Gasteiger partial charge is 0.303 e. The summed E-state index contributed by atoms with van der Waals surface area (Å²) in [6.45, 7) is 5.91. The van der Waals surface area contributed by atoms with Gasteiger partial charge in [0, 0.05) is 27.2 Å². The summed E-state index contributed by atoms with van der Waals surface area (Å²) >= 11 is 7.08. The average molecular weight is 452 g/mol. The van der Waals surface area contributed by atoms with E-state index in [1.54, 1.807) is 6.08 Å². The molecule has 0 unspecified atom stereocenters. The van der Waals surface area contributed by atoms with E-state index in [1.165, 1.54) is 16.7 Å². The summed E-state index contributed by atoms with van der Waals surface area (Å²) in [7, 11) is 0. The predicted molar refractivity (Wildman–Crippen MR) is 106 cm³/mol. The smallest absolute Gasteiger partial charge is 0.120 e. The van der Waals surface area contributed by atoms with Gasteiger partial charge in [0.1, 0.15) is 12.6 Å². The van der Waals surface area contributed by atoms with E-state index in [9.17, 15) is 9.59 Å². The summed E-state index contributed by atoms with van der Waals surface area (Å²) in [5, 5.41) is 0. The lowest BCUT2D eigenvalue weighted by Gasteiger charge is -2.33. The first-order valence-corrected chi connectivity index (χ1v) is 9.47. The Morgan fingerprint density at radius 1 is 1.21 bits per heavy atom. The highest BCUT2D eigenvalue weighted by atomic mass is 79.9. The minimum absolute atomic E-state index is 0.326. The molecule has 1 aliphatic rings. The van der Waals surface area contributed by atoms with Crippen LogP contribution >= 0.6 is 31.9 Å².